The minimum absolute atomic E-state index is 0.850. The molecule has 66 valence electrons. The molecule has 0 rings (SSSR count). The van der Waals surface area contributed by atoms with Crippen LogP contribution in [0.1, 0.15) is 46.0 Å². The molecule has 0 saturated carbocycles. The Morgan fingerprint density at radius 2 is 1.82 bits per heavy atom. The third-order valence-electron chi connectivity index (χ3n) is 2.02. The lowest BCUT2D eigenvalue weighted by molar-refractivity contribution is 0.644. The number of rotatable bonds is 6. The van der Waals surface area contributed by atoms with Crippen molar-refractivity contribution in [1.29, 1.82) is 0 Å². The van der Waals surface area contributed by atoms with Crippen LogP contribution >= 0.6 is 0 Å². The first kappa shape index (κ1) is 10.7. The molecule has 0 atom stereocenters. The Bertz CT molecular complexity index is 105. The van der Waals surface area contributed by atoms with Gasteiger partial charge < -0.3 is 5.73 Å². The topological polar surface area (TPSA) is 26.0 Å². The van der Waals surface area contributed by atoms with Crippen LogP contribution in [0.15, 0.2) is 11.6 Å². The molecule has 0 radical (unpaired) electrons. The van der Waals surface area contributed by atoms with Gasteiger partial charge in [-0.25, -0.2) is 0 Å². The van der Waals surface area contributed by atoms with Gasteiger partial charge >= 0.3 is 0 Å². The van der Waals surface area contributed by atoms with E-state index in [0.717, 1.165) is 6.54 Å². The van der Waals surface area contributed by atoms with Crippen molar-refractivity contribution in [3.8, 4) is 0 Å². The molecule has 0 aromatic carbocycles. The second-order valence-corrected chi connectivity index (χ2v) is 3.09. The van der Waals surface area contributed by atoms with Gasteiger partial charge in [0.1, 0.15) is 0 Å². The van der Waals surface area contributed by atoms with Crippen LogP contribution in [0.2, 0.25) is 0 Å². The standard InChI is InChI=1S/C10H21N/c1-3-10(2)8-6-4-5-7-9-11/h3H,4-9,11H2,1-2H3. The van der Waals surface area contributed by atoms with Gasteiger partial charge in [-0.2, -0.15) is 0 Å². The molecule has 0 aliphatic rings. The number of hydrogen-bond donors (Lipinski definition) is 1. The summed E-state index contributed by atoms with van der Waals surface area (Å²) in [5.41, 5.74) is 6.90. The van der Waals surface area contributed by atoms with E-state index in [1.54, 1.807) is 0 Å². The van der Waals surface area contributed by atoms with E-state index < -0.39 is 0 Å². The maximum atomic E-state index is 5.39. The lowest BCUT2D eigenvalue weighted by Gasteiger charge is -1.99. The maximum absolute atomic E-state index is 5.39. The number of hydrogen-bond acceptors (Lipinski definition) is 1. The van der Waals surface area contributed by atoms with Crippen molar-refractivity contribution >= 4 is 0 Å². The number of allylic oxidation sites excluding steroid dienone is 2. The summed E-state index contributed by atoms with van der Waals surface area (Å²) >= 11 is 0. The lowest BCUT2D eigenvalue weighted by Crippen LogP contribution is -1.97. The molecule has 1 nitrogen and oxygen atoms in total. The first-order valence-corrected chi connectivity index (χ1v) is 4.63. The van der Waals surface area contributed by atoms with Crippen LogP contribution in [-0.4, -0.2) is 6.54 Å². The Morgan fingerprint density at radius 1 is 1.18 bits per heavy atom. The van der Waals surface area contributed by atoms with Crippen molar-refractivity contribution in [2.75, 3.05) is 6.54 Å². The molecule has 0 saturated heterocycles. The highest BCUT2D eigenvalue weighted by molar-refractivity contribution is 4.94. The van der Waals surface area contributed by atoms with Crippen LogP contribution in [0, 0.1) is 0 Å². The van der Waals surface area contributed by atoms with Gasteiger partial charge in [0.05, 0.1) is 0 Å². The molecule has 11 heavy (non-hydrogen) atoms. The highest BCUT2D eigenvalue weighted by atomic mass is 14.5. The molecule has 1 heteroatoms. The van der Waals surface area contributed by atoms with Gasteiger partial charge in [-0.3, -0.25) is 0 Å². The fourth-order valence-electron chi connectivity index (χ4n) is 1.05. The SMILES string of the molecule is CC=C(C)CCCCCCN. The third-order valence-corrected chi connectivity index (χ3v) is 2.02. The van der Waals surface area contributed by atoms with Crippen molar-refractivity contribution in [1.82, 2.24) is 0 Å². The van der Waals surface area contributed by atoms with Crippen molar-refractivity contribution in [3.63, 3.8) is 0 Å². The summed E-state index contributed by atoms with van der Waals surface area (Å²) in [4.78, 5) is 0. The van der Waals surface area contributed by atoms with Crippen LogP contribution in [0.4, 0.5) is 0 Å². The van der Waals surface area contributed by atoms with E-state index >= 15 is 0 Å². The molecule has 0 spiro atoms. The first-order valence-electron chi connectivity index (χ1n) is 4.63. The predicted molar refractivity (Wildman–Crippen MR) is 51.6 cm³/mol. The summed E-state index contributed by atoms with van der Waals surface area (Å²) in [6.07, 6.45) is 8.62. The largest absolute Gasteiger partial charge is 0.330 e. The predicted octanol–water partition coefficient (Wildman–Crippen LogP) is 2.86. The quantitative estimate of drug-likeness (QED) is 0.463. The van der Waals surface area contributed by atoms with Gasteiger partial charge in [-0.1, -0.05) is 24.5 Å². The summed E-state index contributed by atoms with van der Waals surface area (Å²) in [5.74, 6) is 0. The van der Waals surface area contributed by atoms with E-state index in [1.165, 1.54) is 37.7 Å². The smallest absolute Gasteiger partial charge is 0.00773 e. The zero-order valence-corrected chi connectivity index (χ0v) is 7.90. The molecular formula is C10H21N. The van der Waals surface area contributed by atoms with Gasteiger partial charge in [0.2, 0.25) is 0 Å². The Kier molecular flexibility index (Phi) is 7.59. The minimum atomic E-state index is 0.850. The summed E-state index contributed by atoms with van der Waals surface area (Å²) < 4.78 is 0. The molecule has 0 heterocycles. The van der Waals surface area contributed by atoms with Gasteiger partial charge in [0.15, 0.2) is 0 Å². The van der Waals surface area contributed by atoms with E-state index in [0.29, 0.717) is 0 Å². The van der Waals surface area contributed by atoms with Gasteiger partial charge in [-0.15, -0.1) is 0 Å². The van der Waals surface area contributed by atoms with E-state index in [-0.39, 0.29) is 0 Å². The molecule has 0 aromatic heterocycles. The van der Waals surface area contributed by atoms with Crippen LogP contribution in [0.5, 0.6) is 0 Å². The fourth-order valence-corrected chi connectivity index (χ4v) is 1.05. The summed E-state index contributed by atoms with van der Waals surface area (Å²) in [5, 5.41) is 0. The average Bonchev–Trinajstić information content (AvgIpc) is 2.04. The Balaban J connectivity index is 3.02. The minimum Gasteiger partial charge on any atom is -0.330 e. The van der Waals surface area contributed by atoms with Gasteiger partial charge in [0.25, 0.3) is 0 Å². The summed E-state index contributed by atoms with van der Waals surface area (Å²) in [7, 11) is 0. The van der Waals surface area contributed by atoms with Crippen molar-refractivity contribution in [2.24, 2.45) is 5.73 Å². The molecule has 0 aliphatic heterocycles. The molecule has 0 unspecified atom stereocenters. The molecule has 0 amide bonds. The second kappa shape index (κ2) is 7.80. The Morgan fingerprint density at radius 3 is 2.36 bits per heavy atom. The highest BCUT2D eigenvalue weighted by Crippen LogP contribution is 2.08. The van der Waals surface area contributed by atoms with Crippen LogP contribution in [-0.2, 0) is 0 Å². The van der Waals surface area contributed by atoms with Crippen molar-refractivity contribution in [3.05, 3.63) is 11.6 Å². The van der Waals surface area contributed by atoms with E-state index in [4.69, 9.17) is 5.73 Å². The van der Waals surface area contributed by atoms with E-state index in [9.17, 15) is 0 Å². The molecule has 0 bridgehead atoms. The maximum Gasteiger partial charge on any atom is -0.00773 e. The second-order valence-electron chi connectivity index (χ2n) is 3.09. The Labute approximate surface area is 70.7 Å². The molecule has 0 aromatic rings. The summed E-state index contributed by atoms with van der Waals surface area (Å²) in [6, 6.07) is 0. The van der Waals surface area contributed by atoms with Crippen molar-refractivity contribution < 1.29 is 0 Å². The van der Waals surface area contributed by atoms with Crippen molar-refractivity contribution in [2.45, 2.75) is 46.0 Å². The van der Waals surface area contributed by atoms with E-state index in [2.05, 4.69) is 19.9 Å². The van der Waals surface area contributed by atoms with Crippen LogP contribution in [0.3, 0.4) is 0 Å². The highest BCUT2D eigenvalue weighted by Gasteiger charge is 1.89. The first-order chi connectivity index (χ1) is 5.31. The van der Waals surface area contributed by atoms with E-state index in [1.807, 2.05) is 0 Å². The Hall–Kier alpha value is -0.300. The monoisotopic (exact) mass is 155 g/mol. The number of nitrogens with two attached hydrogens (primary N) is 1. The van der Waals surface area contributed by atoms with Gasteiger partial charge in [-0.05, 0) is 39.7 Å². The van der Waals surface area contributed by atoms with Gasteiger partial charge in [0, 0.05) is 0 Å². The molecular weight excluding hydrogens is 134 g/mol. The normalized spacial score (nSPS) is 12.1. The molecule has 0 fully saturated rings. The third kappa shape index (κ3) is 7.60. The van der Waals surface area contributed by atoms with Crippen LogP contribution in [0.25, 0.3) is 0 Å². The number of unbranched alkanes of at least 4 members (excludes halogenated alkanes) is 3. The zero-order valence-electron chi connectivity index (χ0n) is 7.90. The molecule has 2 N–H and O–H groups in total. The fraction of sp³-hybridized carbons (Fsp3) is 0.800. The summed E-state index contributed by atoms with van der Waals surface area (Å²) in [6.45, 7) is 5.15. The lowest BCUT2D eigenvalue weighted by atomic mass is 10.1. The average molecular weight is 155 g/mol. The zero-order chi connectivity index (χ0) is 8.53. The van der Waals surface area contributed by atoms with Crippen LogP contribution < -0.4 is 5.73 Å². The molecule has 0 aliphatic carbocycles.